The lowest BCUT2D eigenvalue weighted by Gasteiger charge is -2.14. The van der Waals surface area contributed by atoms with Crippen molar-refractivity contribution in [3.63, 3.8) is 0 Å². The van der Waals surface area contributed by atoms with E-state index in [0.717, 1.165) is 6.07 Å². The Hall–Kier alpha value is -2.26. The maximum atomic E-state index is 12.9. The van der Waals surface area contributed by atoms with E-state index >= 15 is 0 Å². The fourth-order valence-corrected chi connectivity index (χ4v) is 1.74. The lowest BCUT2D eigenvalue weighted by atomic mass is 10.1. The molecule has 0 bridgehead atoms. The highest BCUT2D eigenvalue weighted by atomic mass is 35.5. The average Bonchev–Trinajstić information content (AvgIpc) is 2.40. The van der Waals surface area contributed by atoms with Crippen molar-refractivity contribution in [3.05, 3.63) is 52.7 Å². The van der Waals surface area contributed by atoms with Gasteiger partial charge < -0.3 is 5.32 Å². The maximum Gasteiger partial charge on any atom is 0.418 e. The van der Waals surface area contributed by atoms with Crippen molar-refractivity contribution >= 4 is 23.1 Å². The molecule has 0 spiro atoms. The topological polar surface area (TPSA) is 48.7 Å². The molecule has 0 aliphatic carbocycles. The van der Waals surface area contributed by atoms with Crippen LogP contribution in [0.4, 0.5) is 24.7 Å². The lowest BCUT2D eigenvalue weighted by Crippen LogP contribution is -2.09. The van der Waals surface area contributed by atoms with Crippen LogP contribution in [-0.4, -0.2) is 4.98 Å². The monoisotopic (exact) mass is 297 g/mol. The van der Waals surface area contributed by atoms with Crippen LogP contribution >= 0.6 is 11.6 Å². The molecule has 3 nitrogen and oxygen atoms in total. The summed E-state index contributed by atoms with van der Waals surface area (Å²) in [6, 6.07) is 9.65. The molecule has 2 aromatic rings. The first-order valence-corrected chi connectivity index (χ1v) is 5.79. The van der Waals surface area contributed by atoms with Gasteiger partial charge >= 0.3 is 6.18 Å². The van der Waals surface area contributed by atoms with E-state index < -0.39 is 11.7 Å². The molecule has 2 rings (SSSR count). The molecule has 0 amide bonds. The van der Waals surface area contributed by atoms with Crippen LogP contribution in [0.2, 0.25) is 5.02 Å². The van der Waals surface area contributed by atoms with Gasteiger partial charge in [-0.3, -0.25) is 0 Å². The Morgan fingerprint density at radius 3 is 2.60 bits per heavy atom. The predicted molar refractivity (Wildman–Crippen MR) is 68.7 cm³/mol. The summed E-state index contributed by atoms with van der Waals surface area (Å²) in [5.74, 6) is 0.150. The summed E-state index contributed by atoms with van der Waals surface area (Å²) in [7, 11) is 0. The molecule has 0 aliphatic rings. The summed E-state index contributed by atoms with van der Waals surface area (Å²) in [6.45, 7) is 0. The number of halogens is 4. The van der Waals surface area contributed by atoms with Crippen LogP contribution in [0, 0.1) is 11.3 Å². The first-order chi connectivity index (χ1) is 9.40. The normalized spacial score (nSPS) is 10.9. The predicted octanol–water partition coefficient (Wildman–Crippen LogP) is 4.37. The highest BCUT2D eigenvalue weighted by molar-refractivity contribution is 6.30. The van der Waals surface area contributed by atoms with Gasteiger partial charge in [-0.25, -0.2) is 4.98 Å². The van der Waals surface area contributed by atoms with E-state index in [1.54, 1.807) is 0 Å². The number of nitrogens with one attached hydrogen (secondary N) is 1. The van der Waals surface area contributed by atoms with Gasteiger partial charge in [-0.15, -0.1) is 0 Å². The number of anilines is 2. The molecule has 0 atom stereocenters. The van der Waals surface area contributed by atoms with E-state index in [0.29, 0.717) is 0 Å². The smallest absolute Gasteiger partial charge is 0.340 e. The minimum absolute atomic E-state index is 0.0124. The summed E-state index contributed by atoms with van der Waals surface area (Å²) in [5.41, 5.74) is -0.962. The van der Waals surface area contributed by atoms with Crippen molar-refractivity contribution < 1.29 is 13.2 Å². The quantitative estimate of drug-likeness (QED) is 0.895. The summed E-state index contributed by atoms with van der Waals surface area (Å²) in [5, 5.41) is 11.2. The largest absolute Gasteiger partial charge is 0.418 e. The fourth-order valence-electron chi connectivity index (χ4n) is 1.56. The Labute approximate surface area is 117 Å². The van der Waals surface area contributed by atoms with Crippen LogP contribution in [0.25, 0.3) is 0 Å². The van der Waals surface area contributed by atoms with Gasteiger partial charge in [0.25, 0.3) is 0 Å². The molecule has 1 aromatic carbocycles. The van der Waals surface area contributed by atoms with Gasteiger partial charge in [0.15, 0.2) is 0 Å². The second-order valence-electron chi connectivity index (χ2n) is 3.83. The molecule has 102 valence electrons. The Morgan fingerprint density at radius 2 is 1.95 bits per heavy atom. The van der Waals surface area contributed by atoms with Crippen molar-refractivity contribution in [2.45, 2.75) is 6.18 Å². The second-order valence-corrected chi connectivity index (χ2v) is 4.27. The molecule has 0 saturated heterocycles. The highest BCUT2D eigenvalue weighted by Gasteiger charge is 2.33. The van der Waals surface area contributed by atoms with Gasteiger partial charge in [0.2, 0.25) is 0 Å². The fraction of sp³-hybridized carbons (Fsp3) is 0.0769. The molecule has 1 heterocycles. The van der Waals surface area contributed by atoms with Crippen molar-refractivity contribution in [2.75, 3.05) is 5.32 Å². The molecule has 0 fully saturated rings. The number of hydrogen-bond donors (Lipinski definition) is 1. The summed E-state index contributed by atoms with van der Waals surface area (Å²) < 4.78 is 38.7. The number of nitriles is 1. The van der Waals surface area contributed by atoms with E-state index in [4.69, 9.17) is 16.9 Å². The Morgan fingerprint density at radius 1 is 1.20 bits per heavy atom. The SMILES string of the molecule is N#Cc1cccc(Nc2ccc(Cl)cc2C(F)(F)F)n1. The third-order valence-corrected chi connectivity index (χ3v) is 2.65. The molecule has 1 N–H and O–H groups in total. The maximum absolute atomic E-state index is 12.9. The number of alkyl halides is 3. The number of hydrogen-bond acceptors (Lipinski definition) is 3. The molecular weight excluding hydrogens is 291 g/mol. The third kappa shape index (κ3) is 3.19. The highest BCUT2D eigenvalue weighted by Crippen LogP contribution is 2.37. The van der Waals surface area contributed by atoms with Crippen LogP contribution in [-0.2, 0) is 6.18 Å². The second kappa shape index (κ2) is 5.39. The molecule has 0 radical (unpaired) electrons. The molecule has 0 saturated carbocycles. The third-order valence-electron chi connectivity index (χ3n) is 2.41. The number of rotatable bonds is 2. The zero-order valence-electron chi connectivity index (χ0n) is 9.87. The zero-order chi connectivity index (χ0) is 14.8. The molecule has 1 aromatic heterocycles. The van der Waals surface area contributed by atoms with Gasteiger partial charge in [0.1, 0.15) is 17.6 Å². The summed E-state index contributed by atoms with van der Waals surface area (Å²) in [6.07, 6.45) is -4.54. The Kier molecular flexibility index (Phi) is 3.81. The van der Waals surface area contributed by atoms with Gasteiger partial charge in [-0.05, 0) is 30.3 Å². The molecule has 20 heavy (non-hydrogen) atoms. The minimum atomic E-state index is -4.54. The van der Waals surface area contributed by atoms with Gasteiger partial charge in [0.05, 0.1) is 11.3 Å². The van der Waals surface area contributed by atoms with Gasteiger partial charge in [-0.1, -0.05) is 17.7 Å². The van der Waals surface area contributed by atoms with Crippen LogP contribution in [0.5, 0.6) is 0 Å². The van der Waals surface area contributed by atoms with Crippen LogP contribution in [0.1, 0.15) is 11.3 Å². The first-order valence-electron chi connectivity index (χ1n) is 5.41. The lowest BCUT2D eigenvalue weighted by molar-refractivity contribution is -0.136. The number of nitrogens with zero attached hydrogens (tertiary/aromatic N) is 2. The number of pyridine rings is 1. The van der Waals surface area contributed by atoms with Crippen molar-refractivity contribution in [3.8, 4) is 6.07 Å². The molecule has 0 aliphatic heterocycles. The van der Waals surface area contributed by atoms with Gasteiger partial charge in [-0.2, -0.15) is 18.4 Å². The van der Waals surface area contributed by atoms with Crippen molar-refractivity contribution in [1.29, 1.82) is 5.26 Å². The van der Waals surface area contributed by atoms with E-state index in [-0.39, 0.29) is 22.2 Å². The Bertz CT molecular complexity index is 677. The molecule has 0 unspecified atom stereocenters. The van der Waals surface area contributed by atoms with E-state index in [1.807, 2.05) is 6.07 Å². The zero-order valence-corrected chi connectivity index (χ0v) is 10.6. The summed E-state index contributed by atoms with van der Waals surface area (Å²) >= 11 is 5.59. The van der Waals surface area contributed by atoms with Crippen molar-refractivity contribution in [2.24, 2.45) is 0 Å². The van der Waals surface area contributed by atoms with E-state index in [2.05, 4.69) is 10.3 Å². The van der Waals surface area contributed by atoms with Crippen LogP contribution in [0.15, 0.2) is 36.4 Å². The number of aromatic nitrogens is 1. The average molecular weight is 298 g/mol. The first kappa shape index (κ1) is 14.2. The van der Waals surface area contributed by atoms with E-state index in [9.17, 15) is 13.2 Å². The standard InChI is InChI=1S/C13H7ClF3N3/c14-8-4-5-11(10(6-8)13(15,16)17)20-12-3-1-2-9(7-18)19-12/h1-6H,(H,19,20). The number of benzene rings is 1. The molecular formula is C13H7ClF3N3. The van der Waals surface area contributed by atoms with Crippen LogP contribution in [0.3, 0.4) is 0 Å². The Balaban J connectivity index is 2.41. The minimum Gasteiger partial charge on any atom is -0.340 e. The van der Waals surface area contributed by atoms with Crippen LogP contribution < -0.4 is 5.32 Å². The van der Waals surface area contributed by atoms with Crippen molar-refractivity contribution in [1.82, 2.24) is 4.98 Å². The van der Waals surface area contributed by atoms with E-state index in [1.165, 1.54) is 30.3 Å². The summed E-state index contributed by atoms with van der Waals surface area (Å²) in [4.78, 5) is 3.86. The van der Waals surface area contributed by atoms with Gasteiger partial charge in [0, 0.05) is 5.02 Å². The molecule has 7 heteroatoms.